The van der Waals surface area contributed by atoms with Crippen LogP contribution < -0.4 is 5.73 Å². The van der Waals surface area contributed by atoms with Gasteiger partial charge in [0.1, 0.15) is 11.9 Å². The number of anilines is 1. The van der Waals surface area contributed by atoms with Gasteiger partial charge in [-0.05, 0) is 37.5 Å². The summed E-state index contributed by atoms with van der Waals surface area (Å²) >= 11 is 0. The molecule has 0 radical (unpaired) electrons. The summed E-state index contributed by atoms with van der Waals surface area (Å²) < 4.78 is 23.6. The standard InChI is InChI=1S/C14H18FNO3/c1-18-10-3-2-4-11(8-10)19-14(17)12-6-5-9(15)7-13(12)16/h5-7,10-11H,2-4,8,16H2,1H3. The molecule has 0 aromatic heterocycles. The van der Waals surface area contributed by atoms with Crippen molar-refractivity contribution >= 4 is 11.7 Å². The van der Waals surface area contributed by atoms with E-state index < -0.39 is 11.8 Å². The molecule has 0 amide bonds. The Labute approximate surface area is 111 Å². The highest BCUT2D eigenvalue weighted by molar-refractivity contribution is 5.95. The van der Waals surface area contributed by atoms with Gasteiger partial charge in [-0.2, -0.15) is 0 Å². The molecule has 2 unspecified atom stereocenters. The molecular formula is C14H18FNO3. The molecule has 1 fully saturated rings. The Hall–Kier alpha value is -1.62. The largest absolute Gasteiger partial charge is 0.459 e. The number of halogens is 1. The van der Waals surface area contributed by atoms with Gasteiger partial charge in [-0.15, -0.1) is 0 Å². The van der Waals surface area contributed by atoms with E-state index in [4.69, 9.17) is 15.2 Å². The molecule has 0 heterocycles. The maximum absolute atomic E-state index is 12.9. The molecule has 1 aromatic carbocycles. The van der Waals surface area contributed by atoms with Crippen LogP contribution in [0.5, 0.6) is 0 Å². The Bertz CT molecular complexity index is 464. The Morgan fingerprint density at radius 3 is 2.79 bits per heavy atom. The molecule has 19 heavy (non-hydrogen) atoms. The van der Waals surface area contributed by atoms with E-state index in [1.807, 2.05) is 0 Å². The highest BCUT2D eigenvalue weighted by atomic mass is 19.1. The van der Waals surface area contributed by atoms with Crippen LogP contribution in [0.15, 0.2) is 18.2 Å². The predicted molar refractivity (Wildman–Crippen MR) is 69.3 cm³/mol. The molecule has 0 saturated heterocycles. The lowest BCUT2D eigenvalue weighted by atomic mass is 9.95. The number of rotatable bonds is 3. The fourth-order valence-electron chi connectivity index (χ4n) is 2.36. The SMILES string of the molecule is COC1CCCC(OC(=O)c2ccc(F)cc2N)C1. The first-order valence-corrected chi connectivity index (χ1v) is 6.39. The third kappa shape index (κ3) is 3.44. The van der Waals surface area contributed by atoms with E-state index in [-0.39, 0.29) is 23.5 Å². The third-order valence-corrected chi connectivity index (χ3v) is 3.42. The highest BCUT2D eigenvalue weighted by Gasteiger charge is 2.25. The van der Waals surface area contributed by atoms with Crippen molar-refractivity contribution in [2.45, 2.75) is 37.9 Å². The van der Waals surface area contributed by atoms with Gasteiger partial charge in [-0.1, -0.05) is 0 Å². The molecule has 2 N–H and O–H groups in total. The maximum Gasteiger partial charge on any atom is 0.340 e. The lowest BCUT2D eigenvalue weighted by Crippen LogP contribution is -2.29. The summed E-state index contributed by atoms with van der Waals surface area (Å²) in [6.45, 7) is 0. The number of esters is 1. The van der Waals surface area contributed by atoms with Gasteiger partial charge >= 0.3 is 5.97 Å². The minimum absolute atomic E-state index is 0.101. The summed E-state index contributed by atoms with van der Waals surface area (Å²) in [5, 5.41) is 0. The van der Waals surface area contributed by atoms with E-state index >= 15 is 0 Å². The lowest BCUT2D eigenvalue weighted by Gasteiger charge is -2.28. The van der Waals surface area contributed by atoms with Crippen molar-refractivity contribution < 1.29 is 18.7 Å². The number of carbonyl (C=O) groups is 1. The molecular weight excluding hydrogens is 249 g/mol. The van der Waals surface area contributed by atoms with Crippen LogP contribution in [0.3, 0.4) is 0 Å². The third-order valence-electron chi connectivity index (χ3n) is 3.42. The van der Waals surface area contributed by atoms with Crippen LogP contribution in [0.2, 0.25) is 0 Å². The van der Waals surface area contributed by atoms with Crippen LogP contribution >= 0.6 is 0 Å². The van der Waals surface area contributed by atoms with Gasteiger partial charge in [0.25, 0.3) is 0 Å². The van der Waals surface area contributed by atoms with Crippen LogP contribution in [-0.2, 0) is 9.47 Å². The fraction of sp³-hybridized carbons (Fsp3) is 0.500. The monoisotopic (exact) mass is 267 g/mol. The van der Waals surface area contributed by atoms with E-state index in [9.17, 15) is 9.18 Å². The second-order valence-corrected chi connectivity index (χ2v) is 4.78. The Balaban J connectivity index is 2.00. The number of benzene rings is 1. The molecule has 2 atom stereocenters. The van der Waals surface area contributed by atoms with Gasteiger partial charge in [0.15, 0.2) is 0 Å². The van der Waals surface area contributed by atoms with Crippen molar-refractivity contribution in [2.24, 2.45) is 0 Å². The van der Waals surface area contributed by atoms with E-state index in [0.717, 1.165) is 25.3 Å². The van der Waals surface area contributed by atoms with Crippen molar-refractivity contribution in [3.8, 4) is 0 Å². The van der Waals surface area contributed by atoms with Gasteiger partial charge in [0.2, 0.25) is 0 Å². The average molecular weight is 267 g/mol. The molecule has 1 saturated carbocycles. The van der Waals surface area contributed by atoms with Gasteiger partial charge in [-0.25, -0.2) is 9.18 Å². The van der Waals surface area contributed by atoms with Crippen LogP contribution in [0.4, 0.5) is 10.1 Å². The van der Waals surface area contributed by atoms with Gasteiger partial charge in [-0.3, -0.25) is 0 Å². The van der Waals surface area contributed by atoms with Crippen LogP contribution in [0, 0.1) is 5.82 Å². The van der Waals surface area contributed by atoms with Crippen LogP contribution in [0.25, 0.3) is 0 Å². The van der Waals surface area contributed by atoms with E-state index in [1.165, 1.54) is 12.1 Å². The Morgan fingerprint density at radius 2 is 2.11 bits per heavy atom. The van der Waals surface area contributed by atoms with Crippen molar-refractivity contribution in [3.63, 3.8) is 0 Å². The second-order valence-electron chi connectivity index (χ2n) is 4.78. The number of ether oxygens (including phenoxy) is 2. The first-order valence-electron chi connectivity index (χ1n) is 6.39. The Morgan fingerprint density at radius 1 is 1.37 bits per heavy atom. The Kier molecular flexibility index (Phi) is 4.37. The zero-order chi connectivity index (χ0) is 13.8. The van der Waals surface area contributed by atoms with Crippen LogP contribution in [0.1, 0.15) is 36.0 Å². The molecule has 2 rings (SSSR count). The van der Waals surface area contributed by atoms with Crippen LogP contribution in [-0.4, -0.2) is 25.3 Å². The number of nitrogen functional groups attached to an aromatic ring is 1. The van der Waals surface area contributed by atoms with E-state index in [2.05, 4.69) is 0 Å². The molecule has 4 nitrogen and oxygen atoms in total. The summed E-state index contributed by atoms with van der Waals surface area (Å²) in [5.74, 6) is -0.967. The quantitative estimate of drug-likeness (QED) is 0.675. The number of hydrogen-bond donors (Lipinski definition) is 1. The van der Waals surface area contributed by atoms with Crippen molar-refractivity contribution in [3.05, 3.63) is 29.6 Å². The smallest absolute Gasteiger partial charge is 0.340 e. The van der Waals surface area contributed by atoms with E-state index in [1.54, 1.807) is 7.11 Å². The summed E-state index contributed by atoms with van der Waals surface area (Å²) in [5.41, 5.74) is 5.93. The minimum atomic E-state index is -0.501. The lowest BCUT2D eigenvalue weighted by molar-refractivity contribution is -0.0148. The maximum atomic E-state index is 12.9. The molecule has 104 valence electrons. The average Bonchev–Trinajstić information content (AvgIpc) is 2.38. The zero-order valence-electron chi connectivity index (χ0n) is 10.9. The number of hydrogen-bond acceptors (Lipinski definition) is 4. The van der Waals surface area contributed by atoms with Gasteiger partial charge < -0.3 is 15.2 Å². The predicted octanol–water partition coefficient (Wildman–Crippen LogP) is 2.52. The summed E-state index contributed by atoms with van der Waals surface area (Å²) in [6, 6.07) is 3.67. The van der Waals surface area contributed by atoms with Gasteiger partial charge in [0.05, 0.1) is 11.7 Å². The highest BCUT2D eigenvalue weighted by Crippen LogP contribution is 2.25. The number of nitrogens with two attached hydrogens (primary N) is 1. The molecule has 1 aliphatic carbocycles. The topological polar surface area (TPSA) is 61.5 Å². The normalized spacial score (nSPS) is 23.1. The first-order chi connectivity index (χ1) is 9.10. The molecule has 0 bridgehead atoms. The van der Waals surface area contributed by atoms with Crippen molar-refractivity contribution in [1.82, 2.24) is 0 Å². The van der Waals surface area contributed by atoms with Gasteiger partial charge in [0, 0.05) is 19.2 Å². The molecule has 5 heteroatoms. The fourth-order valence-corrected chi connectivity index (χ4v) is 2.36. The number of carbonyl (C=O) groups excluding carboxylic acids is 1. The van der Waals surface area contributed by atoms with Crippen molar-refractivity contribution in [1.29, 1.82) is 0 Å². The second kappa shape index (κ2) is 6.02. The van der Waals surface area contributed by atoms with Crippen molar-refractivity contribution in [2.75, 3.05) is 12.8 Å². The minimum Gasteiger partial charge on any atom is -0.459 e. The zero-order valence-corrected chi connectivity index (χ0v) is 10.9. The summed E-state index contributed by atoms with van der Waals surface area (Å²) in [6.07, 6.45) is 3.46. The molecule has 1 aromatic rings. The summed E-state index contributed by atoms with van der Waals surface area (Å²) in [7, 11) is 1.66. The summed E-state index contributed by atoms with van der Waals surface area (Å²) in [4.78, 5) is 12.0. The van der Waals surface area contributed by atoms with E-state index in [0.29, 0.717) is 6.42 Å². The number of methoxy groups -OCH3 is 1. The first kappa shape index (κ1) is 13.8. The molecule has 0 aliphatic heterocycles. The molecule has 0 spiro atoms. The molecule has 1 aliphatic rings.